The molecule has 0 saturated carbocycles. The van der Waals surface area contributed by atoms with Gasteiger partial charge in [0, 0.05) is 32.2 Å². The molecule has 0 aliphatic carbocycles. The van der Waals surface area contributed by atoms with Crippen molar-refractivity contribution in [2.45, 2.75) is 26.8 Å². The largest absolute Gasteiger partial charge is 0.506 e. The molecule has 1 aliphatic heterocycles. The van der Waals surface area contributed by atoms with Crippen LogP contribution in [0.4, 0.5) is 0 Å². The first-order chi connectivity index (χ1) is 8.89. The SMILES string of the molecule is CC(C)(C)[C@@H](c1ccc(O)c(Cl)c1)N1CCNCC1.Cl.Cl. The molecule has 1 saturated heterocycles. The van der Waals surface area contributed by atoms with Gasteiger partial charge in [-0.1, -0.05) is 38.4 Å². The van der Waals surface area contributed by atoms with Crippen LogP contribution in [0.15, 0.2) is 18.2 Å². The Morgan fingerprint density at radius 3 is 2.24 bits per heavy atom. The molecule has 1 fully saturated rings. The molecule has 1 atom stereocenters. The van der Waals surface area contributed by atoms with Crippen LogP contribution < -0.4 is 5.32 Å². The highest BCUT2D eigenvalue weighted by atomic mass is 35.5. The number of hydrogen-bond acceptors (Lipinski definition) is 3. The number of halogens is 3. The van der Waals surface area contributed by atoms with Crippen molar-refractivity contribution >= 4 is 36.4 Å². The maximum atomic E-state index is 9.58. The second-order valence-corrected chi connectivity index (χ2v) is 6.67. The average Bonchev–Trinajstić information content (AvgIpc) is 2.34. The van der Waals surface area contributed by atoms with Crippen molar-refractivity contribution in [3.8, 4) is 5.75 Å². The minimum atomic E-state index is 0. The lowest BCUT2D eigenvalue weighted by Gasteiger charge is -2.42. The van der Waals surface area contributed by atoms with E-state index in [9.17, 15) is 5.11 Å². The van der Waals surface area contributed by atoms with Gasteiger partial charge in [-0.05, 0) is 23.1 Å². The van der Waals surface area contributed by atoms with Gasteiger partial charge in [0.2, 0.25) is 0 Å². The zero-order valence-electron chi connectivity index (χ0n) is 12.7. The lowest BCUT2D eigenvalue weighted by Crippen LogP contribution is -2.48. The second-order valence-electron chi connectivity index (χ2n) is 6.27. The number of nitrogens with zero attached hydrogens (tertiary/aromatic N) is 1. The van der Waals surface area contributed by atoms with Gasteiger partial charge in [-0.15, -0.1) is 24.8 Å². The first kappa shape index (κ1) is 20.8. The minimum Gasteiger partial charge on any atom is -0.506 e. The normalized spacial score (nSPS) is 17.5. The van der Waals surface area contributed by atoms with E-state index in [1.807, 2.05) is 12.1 Å². The summed E-state index contributed by atoms with van der Waals surface area (Å²) in [6.07, 6.45) is 0. The molecule has 0 unspecified atom stereocenters. The molecule has 0 aromatic heterocycles. The highest BCUT2D eigenvalue weighted by Gasteiger charge is 2.32. The Morgan fingerprint density at radius 2 is 1.76 bits per heavy atom. The summed E-state index contributed by atoms with van der Waals surface area (Å²) in [5.41, 5.74) is 1.30. The Hall–Kier alpha value is -0.190. The first-order valence-electron chi connectivity index (χ1n) is 6.83. The van der Waals surface area contributed by atoms with Gasteiger partial charge < -0.3 is 10.4 Å². The summed E-state index contributed by atoms with van der Waals surface area (Å²) in [4.78, 5) is 2.50. The van der Waals surface area contributed by atoms with Gasteiger partial charge in [0.05, 0.1) is 5.02 Å². The van der Waals surface area contributed by atoms with Crippen LogP contribution in [0.3, 0.4) is 0 Å². The molecular formula is C15H25Cl3N2O. The summed E-state index contributed by atoms with van der Waals surface area (Å²) in [6, 6.07) is 5.89. The molecule has 1 aromatic rings. The van der Waals surface area contributed by atoms with E-state index >= 15 is 0 Å². The van der Waals surface area contributed by atoms with Crippen molar-refractivity contribution < 1.29 is 5.11 Å². The van der Waals surface area contributed by atoms with Crippen molar-refractivity contribution in [2.75, 3.05) is 26.2 Å². The van der Waals surface area contributed by atoms with Gasteiger partial charge in [0.25, 0.3) is 0 Å². The van der Waals surface area contributed by atoms with E-state index in [1.165, 1.54) is 5.56 Å². The van der Waals surface area contributed by atoms with Crippen LogP contribution in [0.2, 0.25) is 5.02 Å². The molecule has 0 radical (unpaired) electrons. The molecule has 1 heterocycles. The third-order valence-electron chi connectivity index (χ3n) is 3.62. The number of rotatable bonds is 2. The predicted molar refractivity (Wildman–Crippen MR) is 94.3 cm³/mol. The molecule has 2 rings (SSSR count). The molecule has 1 aliphatic rings. The molecule has 0 amide bonds. The van der Waals surface area contributed by atoms with Gasteiger partial charge in [-0.3, -0.25) is 4.90 Å². The van der Waals surface area contributed by atoms with Crippen LogP contribution >= 0.6 is 36.4 Å². The molecule has 2 N–H and O–H groups in total. The molecule has 0 bridgehead atoms. The van der Waals surface area contributed by atoms with E-state index in [2.05, 4.69) is 31.0 Å². The Balaban J connectivity index is 0.00000200. The summed E-state index contributed by atoms with van der Waals surface area (Å²) in [5, 5.41) is 13.4. The number of piperazine rings is 1. The lowest BCUT2D eigenvalue weighted by atomic mass is 9.81. The van der Waals surface area contributed by atoms with E-state index in [1.54, 1.807) is 6.07 Å². The Kier molecular flexibility index (Phi) is 8.37. The first-order valence-corrected chi connectivity index (χ1v) is 7.20. The van der Waals surface area contributed by atoms with Crippen LogP contribution in [-0.4, -0.2) is 36.2 Å². The Morgan fingerprint density at radius 1 is 1.19 bits per heavy atom. The van der Waals surface area contributed by atoms with Crippen LogP contribution in [0.1, 0.15) is 32.4 Å². The van der Waals surface area contributed by atoms with E-state index in [0.717, 1.165) is 26.2 Å². The highest BCUT2D eigenvalue weighted by molar-refractivity contribution is 6.32. The topological polar surface area (TPSA) is 35.5 Å². The zero-order valence-corrected chi connectivity index (χ0v) is 15.1. The Labute approximate surface area is 144 Å². The van der Waals surface area contributed by atoms with Crippen molar-refractivity contribution in [2.24, 2.45) is 5.41 Å². The predicted octanol–water partition coefficient (Wildman–Crippen LogP) is 3.88. The number of hydrogen-bond donors (Lipinski definition) is 2. The van der Waals surface area contributed by atoms with E-state index in [0.29, 0.717) is 11.1 Å². The lowest BCUT2D eigenvalue weighted by molar-refractivity contribution is 0.0862. The van der Waals surface area contributed by atoms with E-state index < -0.39 is 0 Å². The number of phenolic OH excluding ortho intramolecular Hbond substituents is 1. The number of nitrogens with one attached hydrogen (secondary N) is 1. The van der Waals surface area contributed by atoms with Crippen LogP contribution in [-0.2, 0) is 0 Å². The van der Waals surface area contributed by atoms with Crippen molar-refractivity contribution in [3.63, 3.8) is 0 Å². The standard InChI is InChI=1S/C15H23ClN2O.2ClH/c1-15(2,3)14(18-8-6-17-7-9-18)11-4-5-13(19)12(16)10-11;;/h4-5,10,14,17,19H,6-9H2,1-3H3;2*1H/t14-;;/m1../s1. The molecule has 6 heteroatoms. The summed E-state index contributed by atoms with van der Waals surface area (Å²) in [7, 11) is 0. The van der Waals surface area contributed by atoms with Crippen molar-refractivity contribution in [1.82, 2.24) is 10.2 Å². The summed E-state index contributed by atoms with van der Waals surface area (Å²) in [6.45, 7) is 10.9. The van der Waals surface area contributed by atoms with Crippen molar-refractivity contribution in [3.05, 3.63) is 28.8 Å². The summed E-state index contributed by atoms with van der Waals surface area (Å²) < 4.78 is 0. The third-order valence-corrected chi connectivity index (χ3v) is 3.93. The fourth-order valence-corrected chi connectivity index (χ4v) is 3.08. The summed E-state index contributed by atoms with van der Waals surface area (Å²) >= 11 is 6.07. The number of phenols is 1. The molecule has 21 heavy (non-hydrogen) atoms. The number of benzene rings is 1. The van der Waals surface area contributed by atoms with Crippen LogP contribution in [0.25, 0.3) is 0 Å². The van der Waals surface area contributed by atoms with Gasteiger partial charge >= 0.3 is 0 Å². The van der Waals surface area contributed by atoms with Gasteiger partial charge in [-0.25, -0.2) is 0 Å². The quantitative estimate of drug-likeness (QED) is 0.845. The fourth-order valence-electron chi connectivity index (χ4n) is 2.89. The van der Waals surface area contributed by atoms with E-state index in [-0.39, 0.29) is 36.0 Å². The average molecular weight is 356 g/mol. The second kappa shape index (κ2) is 8.44. The molecule has 3 nitrogen and oxygen atoms in total. The van der Waals surface area contributed by atoms with Crippen LogP contribution in [0.5, 0.6) is 5.75 Å². The molecule has 122 valence electrons. The van der Waals surface area contributed by atoms with Gasteiger partial charge in [0.15, 0.2) is 0 Å². The zero-order chi connectivity index (χ0) is 14.0. The maximum absolute atomic E-state index is 9.58. The monoisotopic (exact) mass is 354 g/mol. The molecule has 1 aromatic carbocycles. The third kappa shape index (κ3) is 5.19. The highest BCUT2D eigenvalue weighted by Crippen LogP contribution is 2.40. The maximum Gasteiger partial charge on any atom is 0.134 e. The number of aromatic hydroxyl groups is 1. The van der Waals surface area contributed by atoms with Crippen LogP contribution in [0, 0.1) is 5.41 Å². The Bertz CT molecular complexity index is 443. The van der Waals surface area contributed by atoms with E-state index in [4.69, 9.17) is 11.6 Å². The van der Waals surface area contributed by atoms with Gasteiger partial charge in [0.1, 0.15) is 5.75 Å². The fraction of sp³-hybridized carbons (Fsp3) is 0.600. The molecule has 0 spiro atoms. The smallest absolute Gasteiger partial charge is 0.134 e. The van der Waals surface area contributed by atoms with Crippen molar-refractivity contribution in [1.29, 1.82) is 0 Å². The minimum absolute atomic E-state index is 0. The van der Waals surface area contributed by atoms with Gasteiger partial charge in [-0.2, -0.15) is 0 Å². The molecular weight excluding hydrogens is 331 g/mol. The summed E-state index contributed by atoms with van der Waals surface area (Å²) in [5.74, 6) is 0.151.